The third-order valence-corrected chi connectivity index (χ3v) is 6.64. The summed E-state index contributed by atoms with van der Waals surface area (Å²) in [7, 11) is 0. The Kier molecular flexibility index (Phi) is 8.48. The average Bonchev–Trinajstić information content (AvgIpc) is 2.79. The molecule has 0 amide bonds. The summed E-state index contributed by atoms with van der Waals surface area (Å²) in [6.07, 6.45) is 7.44. The van der Waals surface area contributed by atoms with Crippen LogP contribution in [0.1, 0.15) is 56.3 Å². The second-order valence-corrected chi connectivity index (χ2v) is 8.65. The van der Waals surface area contributed by atoms with Crippen LogP contribution >= 0.6 is 0 Å². The molecular weight excluding hydrogens is 384 g/mol. The number of rotatable bonds is 10. The first kappa shape index (κ1) is 23.0. The summed E-state index contributed by atoms with van der Waals surface area (Å²) in [5.74, 6) is 1.40. The van der Waals surface area contributed by atoms with Crippen LogP contribution in [-0.2, 0) is 4.74 Å². The second-order valence-electron chi connectivity index (χ2n) is 8.65. The lowest BCUT2D eigenvalue weighted by molar-refractivity contribution is -0.0543. The highest BCUT2D eigenvalue weighted by molar-refractivity contribution is 5.79. The summed E-state index contributed by atoms with van der Waals surface area (Å²) >= 11 is 0. The van der Waals surface area contributed by atoms with E-state index < -0.39 is 5.60 Å². The predicted octanol–water partition coefficient (Wildman–Crippen LogP) is 2.95. The van der Waals surface area contributed by atoms with Gasteiger partial charge in [-0.1, -0.05) is 19.8 Å². The van der Waals surface area contributed by atoms with Crippen molar-refractivity contribution in [1.82, 2.24) is 9.88 Å². The van der Waals surface area contributed by atoms with Crippen LogP contribution in [0.3, 0.4) is 0 Å². The summed E-state index contributed by atoms with van der Waals surface area (Å²) in [6, 6.07) is 1.64. The number of aldehydes is 1. The summed E-state index contributed by atoms with van der Waals surface area (Å²) in [4.78, 5) is 18.2. The molecule has 0 bridgehead atoms. The van der Waals surface area contributed by atoms with E-state index >= 15 is 0 Å². The molecule has 1 aliphatic carbocycles. The minimum Gasteiger partial charge on any atom is -0.491 e. The maximum Gasteiger partial charge on any atom is 0.214 e. The number of ether oxygens (including phenoxy) is 3. The van der Waals surface area contributed by atoms with E-state index in [4.69, 9.17) is 14.2 Å². The van der Waals surface area contributed by atoms with Crippen molar-refractivity contribution < 1.29 is 24.1 Å². The molecule has 2 aliphatic rings. The van der Waals surface area contributed by atoms with Crippen LogP contribution in [0.25, 0.3) is 0 Å². The fourth-order valence-electron chi connectivity index (χ4n) is 4.52. The van der Waals surface area contributed by atoms with Crippen LogP contribution in [0.4, 0.5) is 0 Å². The van der Waals surface area contributed by atoms with E-state index in [0.717, 1.165) is 71.2 Å². The highest BCUT2D eigenvalue weighted by Crippen LogP contribution is 2.39. The van der Waals surface area contributed by atoms with E-state index in [0.29, 0.717) is 30.4 Å². The maximum atomic E-state index is 11.6. The van der Waals surface area contributed by atoms with Crippen molar-refractivity contribution in [1.29, 1.82) is 0 Å². The lowest BCUT2D eigenvalue weighted by Gasteiger charge is -2.40. The van der Waals surface area contributed by atoms with Gasteiger partial charge in [0.05, 0.1) is 37.2 Å². The van der Waals surface area contributed by atoms with Crippen LogP contribution in [0.2, 0.25) is 0 Å². The van der Waals surface area contributed by atoms with Crippen molar-refractivity contribution in [2.75, 3.05) is 46.1 Å². The number of hydrogen-bond acceptors (Lipinski definition) is 7. The van der Waals surface area contributed by atoms with Crippen molar-refractivity contribution in [2.45, 2.75) is 51.6 Å². The third kappa shape index (κ3) is 6.15. The molecule has 1 saturated heterocycles. The second kappa shape index (κ2) is 11.1. The Balaban J connectivity index is 1.54. The first-order chi connectivity index (χ1) is 14.5. The Labute approximate surface area is 179 Å². The van der Waals surface area contributed by atoms with Gasteiger partial charge in [0.2, 0.25) is 5.88 Å². The number of nitrogens with zero attached hydrogens (tertiary/aromatic N) is 2. The number of carbonyl (C=O) groups excluding carboxylic acids is 1. The van der Waals surface area contributed by atoms with Crippen LogP contribution in [-0.4, -0.2) is 72.9 Å². The molecule has 0 aromatic carbocycles. The largest absolute Gasteiger partial charge is 0.491 e. The molecule has 1 N–H and O–H groups in total. The molecule has 2 fully saturated rings. The van der Waals surface area contributed by atoms with Crippen LogP contribution in [0, 0.1) is 11.8 Å². The number of aliphatic hydroxyl groups is 1. The van der Waals surface area contributed by atoms with E-state index in [1.165, 1.54) is 0 Å². The average molecular weight is 421 g/mol. The third-order valence-electron chi connectivity index (χ3n) is 6.64. The molecule has 168 valence electrons. The lowest BCUT2D eigenvalue weighted by atomic mass is 9.70. The first-order valence-electron chi connectivity index (χ1n) is 11.3. The van der Waals surface area contributed by atoms with E-state index in [-0.39, 0.29) is 11.8 Å². The standard InChI is InChI=1S/C23H36N2O5/c1-3-23(2,27)20-7-5-4-6-18(20)17-30-21-15-24-22(14-19(21)16-26)29-13-10-25-8-11-28-12-9-25/h14-16,18,20,27H,3-13,17H2,1-2H3. The Morgan fingerprint density at radius 1 is 1.30 bits per heavy atom. The summed E-state index contributed by atoms with van der Waals surface area (Å²) in [6.45, 7) is 9.11. The molecule has 3 atom stereocenters. The molecule has 7 nitrogen and oxygen atoms in total. The molecule has 3 unspecified atom stereocenters. The van der Waals surface area contributed by atoms with Crippen LogP contribution in [0.15, 0.2) is 12.3 Å². The smallest absolute Gasteiger partial charge is 0.214 e. The zero-order chi connectivity index (χ0) is 21.4. The van der Waals surface area contributed by atoms with E-state index in [1.807, 2.05) is 13.8 Å². The molecule has 1 aromatic rings. The zero-order valence-electron chi connectivity index (χ0n) is 18.3. The minimum absolute atomic E-state index is 0.215. The number of morpholine rings is 1. The van der Waals surface area contributed by atoms with Gasteiger partial charge in [-0.3, -0.25) is 9.69 Å². The van der Waals surface area contributed by atoms with Gasteiger partial charge in [0.15, 0.2) is 6.29 Å². The van der Waals surface area contributed by atoms with Gasteiger partial charge in [-0.05, 0) is 38.0 Å². The van der Waals surface area contributed by atoms with Gasteiger partial charge in [0.25, 0.3) is 0 Å². The fraction of sp³-hybridized carbons (Fsp3) is 0.739. The Morgan fingerprint density at radius 3 is 2.80 bits per heavy atom. The zero-order valence-corrected chi connectivity index (χ0v) is 18.3. The lowest BCUT2D eigenvalue weighted by Crippen LogP contribution is -2.42. The van der Waals surface area contributed by atoms with Crippen molar-refractivity contribution in [2.24, 2.45) is 11.8 Å². The fourth-order valence-corrected chi connectivity index (χ4v) is 4.52. The molecule has 0 spiro atoms. The quantitative estimate of drug-likeness (QED) is 0.583. The number of pyridine rings is 1. The van der Waals surface area contributed by atoms with Crippen LogP contribution in [0.5, 0.6) is 11.6 Å². The van der Waals surface area contributed by atoms with Crippen molar-refractivity contribution in [3.8, 4) is 11.6 Å². The van der Waals surface area contributed by atoms with Gasteiger partial charge in [0, 0.05) is 25.7 Å². The van der Waals surface area contributed by atoms with E-state index in [1.54, 1.807) is 12.3 Å². The van der Waals surface area contributed by atoms with Crippen LogP contribution < -0.4 is 9.47 Å². The normalized spacial score (nSPS) is 24.8. The topological polar surface area (TPSA) is 81.1 Å². The molecule has 2 heterocycles. The molecule has 3 rings (SSSR count). The minimum atomic E-state index is -0.682. The highest BCUT2D eigenvalue weighted by Gasteiger charge is 2.38. The van der Waals surface area contributed by atoms with Gasteiger partial charge < -0.3 is 19.3 Å². The molecule has 1 saturated carbocycles. The van der Waals surface area contributed by atoms with Gasteiger partial charge in [-0.15, -0.1) is 0 Å². The summed E-state index contributed by atoms with van der Waals surface area (Å²) in [5, 5.41) is 10.8. The predicted molar refractivity (Wildman–Crippen MR) is 114 cm³/mol. The summed E-state index contributed by atoms with van der Waals surface area (Å²) < 4.78 is 17.1. The molecule has 1 aliphatic heterocycles. The van der Waals surface area contributed by atoms with Gasteiger partial charge in [0.1, 0.15) is 12.4 Å². The van der Waals surface area contributed by atoms with Crippen molar-refractivity contribution >= 4 is 6.29 Å². The molecule has 1 aromatic heterocycles. The Morgan fingerprint density at radius 2 is 2.07 bits per heavy atom. The van der Waals surface area contributed by atoms with Gasteiger partial charge >= 0.3 is 0 Å². The van der Waals surface area contributed by atoms with E-state index in [2.05, 4.69) is 9.88 Å². The number of carbonyl (C=O) groups is 1. The SMILES string of the molecule is CCC(C)(O)C1CCCCC1COc1cnc(OCCN2CCOCC2)cc1C=O. The van der Waals surface area contributed by atoms with Gasteiger partial charge in [-0.25, -0.2) is 4.98 Å². The van der Waals surface area contributed by atoms with Gasteiger partial charge in [-0.2, -0.15) is 0 Å². The number of hydrogen-bond donors (Lipinski definition) is 1. The van der Waals surface area contributed by atoms with Crippen molar-refractivity contribution in [3.63, 3.8) is 0 Å². The molecule has 7 heteroatoms. The Hall–Kier alpha value is -1.70. The number of aromatic nitrogens is 1. The monoisotopic (exact) mass is 420 g/mol. The van der Waals surface area contributed by atoms with E-state index in [9.17, 15) is 9.90 Å². The van der Waals surface area contributed by atoms with Crippen molar-refractivity contribution in [3.05, 3.63) is 17.8 Å². The highest BCUT2D eigenvalue weighted by atomic mass is 16.5. The first-order valence-corrected chi connectivity index (χ1v) is 11.3. The Bertz CT molecular complexity index is 676. The molecular formula is C23H36N2O5. The summed E-state index contributed by atoms with van der Waals surface area (Å²) in [5.41, 5.74) is -0.237. The molecule has 0 radical (unpaired) electrons. The maximum absolute atomic E-state index is 11.6. The molecule has 30 heavy (non-hydrogen) atoms.